The average molecular weight is 330 g/mol. The summed E-state index contributed by atoms with van der Waals surface area (Å²) in [6, 6.07) is 6.71. The number of fused-ring (bicyclic) bond motifs is 1. The SMILES string of the molecule is COc1cccc(O)c1-c1cc(=O)c2c(O)cc(O)c(OC)c2o1. The molecule has 0 amide bonds. The van der Waals surface area contributed by atoms with Crippen LogP contribution in [0.25, 0.3) is 22.3 Å². The van der Waals surface area contributed by atoms with E-state index in [-0.39, 0.29) is 39.5 Å². The lowest BCUT2D eigenvalue weighted by Gasteiger charge is -2.12. The Morgan fingerprint density at radius 1 is 0.958 bits per heavy atom. The third-order valence-electron chi connectivity index (χ3n) is 3.59. The molecule has 0 unspecified atom stereocenters. The smallest absolute Gasteiger partial charge is 0.204 e. The maximum atomic E-state index is 12.4. The predicted octanol–water partition coefficient (Wildman–Crippen LogP) is 2.59. The molecule has 7 nitrogen and oxygen atoms in total. The molecule has 1 aromatic heterocycles. The number of phenolic OH excluding ortho intramolecular Hbond substituents is 3. The van der Waals surface area contributed by atoms with Crippen molar-refractivity contribution in [2.45, 2.75) is 0 Å². The number of hydrogen-bond acceptors (Lipinski definition) is 7. The van der Waals surface area contributed by atoms with E-state index in [9.17, 15) is 20.1 Å². The van der Waals surface area contributed by atoms with E-state index in [1.54, 1.807) is 12.1 Å². The van der Waals surface area contributed by atoms with Gasteiger partial charge in [-0.1, -0.05) is 6.07 Å². The van der Waals surface area contributed by atoms with E-state index in [2.05, 4.69) is 0 Å². The number of methoxy groups -OCH3 is 2. The van der Waals surface area contributed by atoms with E-state index < -0.39 is 11.2 Å². The summed E-state index contributed by atoms with van der Waals surface area (Å²) in [6.07, 6.45) is 0. The number of aromatic hydroxyl groups is 3. The second-order valence-corrected chi connectivity index (χ2v) is 4.98. The van der Waals surface area contributed by atoms with Crippen molar-refractivity contribution in [1.82, 2.24) is 0 Å². The molecule has 0 saturated carbocycles. The number of rotatable bonds is 3. The standard InChI is InChI=1S/C17H14O7/c1-22-12-5-3-4-8(18)15(12)13-7-10(20)14-9(19)6-11(21)16(23-2)17(14)24-13/h3-7,18-19,21H,1-2H3. The predicted molar refractivity (Wildman–Crippen MR) is 86.0 cm³/mol. The highest BCUT2D eigenvalue weighted by Crippen LogP contribution is 2.43. The minimum Gasteiger partial charge on any atom is -0.507 e. The van der Waals surface area contributed by atoms with E-state index in [1.165, 1.54) is 20.3 Å². The molecule has 0 aliphatic carbocycles. The van der Waals surface area contributed by atoms with Gasteiger partial charge in [0.2, 0.25) is 5.75 Å². The summed E-state index contributed by atoms with van der Waals surface area (Å²) in [5, 5.41) is 29.8. The first-order valence-corrected chi connectivity index (χ1v) is 6.91. The van der Waals surface area contributed by atoms with Gasteiger partial charge in [-0.05, 0) is 12.1 Å². The number of benzene rings is 2. The van der Waals surface area contributed by atoms with Crippen LogP contribution in [0.2, 0.25) is 0 Å². The van der Waals surface area contributed by atoms with E-state index in [4.69, 9.17) is 13.9 Å². The molecule has 7 heteroatoms. The highest BCUT2D eigenvalue weighted by atomic mass is 16.5. The first-order valence-electron chi connectivity index (χ1n) is 6.91. The van der Waals surface area contributed by atoms with Gasteiger partial charge in [-0.2, -0.15) is 0 Å². The highest BCUT2D eigenvalue weighted by Gasteiger charge is 2.21. The van der Waals surface area contributed by atoms with Crippen LogP contribution in [0.3, 0.4) is 0 Å². The quantitative estimate of drug-likeness (QED) is 0.677. The van der Waals surface area contributed by atoms with Crippen LogP contribution in [-0.2, 0) is 0 Å². The fourth-order valence-electron chi connectivity index (χ4n) is 2.54. The Morgan fingerprint density at radius 3 is 2.38 bits per heavy atom. The second kappa shape index (κ2) is 5.69. The summed E-state index contributed by atoms with van der Waals surface area (Å²) in [6.45, 7) is 0. The number of hydrogen-bond donors (Lipinski definition) is 3. The molecule has 0 aliphatic rings. The van der Waals surface area contributed by atoms with Crippen LogP contribution < -0.4 is 14.9 Å². The summed E-state index contributed by atoms with van der Waals surface area (Å²) >= 11 is 0. The van der Waals surface area contributed by atoms with E-state index in [0.717, 1.165) is 12.1 Å². The summed E-state index contributed by atoms with van der Waals surface area (Å²) in [5.41, 5.74) is -0.529. The lowest BCUT2D eigenvalue weighted by Crippen LogP contribution is -2.03. The van der Waals surface area contributed by atoms with Crippen LogP contribution in [0.5, 0.6) is 28.7 Å². The van der Waals surface area contributed by atoms with E-state index in [0.29, 0.717) is 5.75 Å². The normalized spacial score (nSPS) is 10.8. The number of ether oxygens (including phenoxy) is 2. The molecule has 24 heavy (non-hydrogen) atoms. The lowest BCUT2D eigenvalue weighted by atomic mass is 10.1. The van der Waals surface area contributed by atoms with Gasteiger partial charge in [-0.3, -0.25) is 4.79 Å². The first kappa shape index (κ1) is 15.5. The summed E-state index contributed by atoms with van der Waals surface area (Å²) < 4.78 is 15.9. The van der Waals surface area contributed by atoms with Crippen LogP contribution in [-0.4, -0.2) is 29.5 Å². The molecule has 2 aromatic carbocycles. The van der Waals surface area contributed by atoms with Gasteiger partial charge in [-0.15, -0.1) is 0 Å². The average Bonchev–Trinajstić information content (AvgIpc) is 2.53. The molecule has 3 rings (SSSR count). The molecule has 0 bridgehead atoms. The van der Waals surface area contributed by atoms with Gasteiger partial charge in [0.05, 0.1) is 14.2 Å². The molecule has 3 N–H and O–H groups in total. The molecule has 0 fully saturated rings. The van der Waals surface area contributed by atoms with Gasteiger partial charge in [0, 0.05) is 12.1 Å². The van der Waals surface area contributed by atoms with E-state index >= 15 is 0 Å². The first-order chi connectivity index (χ1) is 11.5. The monoisotopic (exact) mass is 330 g/mol. The zero-order chi connectivity index (χ0) is 17.4. The molecule has 0 spiro atoms. The lowest BCUT2D eigenvalue weighted by molar-refractivity contribution is 0.367. The zero-order valence-electron chi connectivity index (χ0n) is 12.9. The van der Waals surface area contributed by atoms with Crippen LogP contribution in [0, 0.1) is 0 Å². The maximum Gasteiger partial charge on any atom is 0.204 e. The Kier molecular flexibility index (Phi) is 3.69. The van der Waals surface area contributed by atoms with Crippen LogP contribution in [0.15, 0.2) is 39.5 Å². The van der Waals surface area contributed by atoms with Crippen molar-refractivity contribution >= 4 is 11.0 Å². The van der Waals surface area contributed by atoms with Gasteiger partial charge >= 0.3 is 0 Å². The molecule has 124 valence electrons. The summed E-state index contributed by atoms with van der Waals surface area (Å²) in [5.74, 6) is -0.775. The Hall–Kier alpha value is -3.35. The molecular weight excluding hydrogens is 316 g/mol. The molecule has 0 atom stereocenters. The zero-order valence-corrected chi connectivity index (χ0v) is 12.9. The van der Waals surface area contributed by atoms with Gasteiger partial charge < -0.3 is 29.2 Å². The Labute approximate surface area is 135 Å². The van der Waals surface area contributed by atoms with Gasteiger partial charge in [0.25, 0.3) is 0 Å². The molecule has 0 saturated heterocycles. The van der Waals surface area contributed by atoms with Crippen molar-refractivity contribution in [2.24, 2.45) is 0 Å². The minimum atomic E-state index is -0.563. The minimum absolute atomic E-state index is 0.00532. The van der Waals surface area contributed by atoms with Crippen molar-refractivity contribution in [3.63, 3.8) is 0 Å². The van der Waals surface area contributed by atoms with E-state index in [1.807, 2.05) is 0 Å². The Balaban J connectivity index is 2.44. The molecular formula is C17H14O7. The van der Waals surface area contributed by atoms with Crippen molar-refractivity contribution in [3.8, 4) is 40.1 Å². The third kappa shape index (κ3) is 2.26. The van der Waals surface area contributed by atoms with Crippen LogP contribution in [0.1, 0.15) is 0 Å². The van der Waals surface area contributed by atoms with Gasteiger partial charge in [0.15, 0.2) is 16.8 Å². The molecule has 1 heterocycles. The number of phenols is 3. The van der Waals surface area contributed by atoms with Gasteiger partial charge in [-0.25, -0.2) is 0 Å². The fourth-order valence-corrected chi connectivity index (χ4v) is 2.54. The second-order valence-electron chi connectivity index (χ2n) is 4.98. The molecule has 0 radical (unpaired) electrons. The summed E-state index contributed by atoms with van der Waals surface area (Å²) in [4.78, 5) is 12.4. The fraction of sp³-hybridized carbons (Fsp3) is 0.118. The maximum absolute atomic E-state index is 12.4. The van der Waals surface area contributed by atoms with Gasteiger partial charge in [0.1, 0.15) is 34.0 Å². The van der Waals surface area contributed by atoms with Crippen molar-refractivity contribution < 1.29 is 29.2 Å². The third-order valence-corrected chi connectivity index (χ3v) is 3.59. The largest absolute Gasteiger partial charge is 0.507 e. The Morgan fingerprint density at radius 2 is 1.71 bits per heavy atom. The topological polar surface area (TPSA) is 109 Å². The van der Waals surface area contributed by atoms with Crippen LogP contribution in [0.4, 0.5) is 0 Å². The van der Waals surface area contributed by atoms with Crippen molar-refractivity contribution in [1.29, 1.82) is 0 Å². The highest BCUT2D eigenvalue weighted by molar-refractivity contribution is 5.92. The molecule has 0 aliphatic heterocycles. The molecule has 3 aromatic rings. The Bertz CT molecular complexity index is 988. The van der Waals surface area contributed by atoms with Crippen molar-refractivity contribution in [2.75, 3.05) is 14.2 Å². The summed E-state index contributed by atoms with van der Waals surface area (Å²) in [7, 11) is 2.70. The van der Waals surface area contributed by atoms with Crippen LogP contribution >= 0.6 is 0 Å². The van der Waals surface area contributed by atoms with Crippen molar-refractivity contribution in [3.05, 3.63) is 40.6 Å².